The van der Waals surface area contributed by atoms with Gasteiger partial charge in [0.25, 0.3) is 5.91 Å². The number of rotatable bonds is 6. The van der Waals surface area contributed by atoms with Crippen molar-refractivity contribution in [3.8, 4) is 17.2 Å². The van der Waals surface area contributed by atoms with E-state index in [0.717, 1.165) is 16.9 Å². The van der Waals surface area contributed by atoms with Crippen molar-refractivity contribution in [2.45, 2.75) is 12.8 Å². The summed E-state index contributed by atoms with van der Waals surface area (Å²) >= 11 is 0. The molecule has 1 aliphatic heterocycles. The molecule has 4 rings (SSSR count). The van der Waals surface area contributed by atoms with Gasteiger partial charge < -0.3 is 18.8 Å². The summed E-state index contributed by atoms with van der Waals surface area (Å²) < 4.78 is 16.6. The molecule has 0 N–H and O–H groups in total. The Morgan fingerprint density at radius 3 is 2.63 bits per heavy atom. The molecule has 0 spiro atoms. The van der Waals surface area contributed by atoms with Gasteiger partial charge in [-0.25, -0.2) is 0 Å². The number of nitrogens with zero attached hydrogens (tertiary/aromatic N) is 3. The molecular weight excluding hydrogens is 382 g/mol. The van der Waals surface area contributed by atoms with Crippen LogP contribution >= 0.6 is 0 Å². The van der Waals surface area contributed by atoms with Crippen molar-refractivity contribution >= 4 is 5.91 Å². The molecule has 7 heteroatoms. The van der Waals surface area contributed by atoms with E-state index in [9.17, 15) is 4.79 Å². The van der Waals surface area contributed by atoms with E-state index in [1.807, 2.05) is 60.4 Å². The molecule has 0 saturated carbocycles. The molecule has 1 amide bonds. The van der Waals surface area contributed by atoms with Crippen LogP contribution in [-0.2, 0) is 4.74 Å². The Morgan fingerprint density at radius 1 is 1.13 bits per heavy atom. The Hall–Kier alpha value is -3.19. The van der Waals surface area contributed by atoms with Gasteiger partial charge in [-0.1, -0.05) is 18.2 Å². The van der Waals surface area contributed by atoms with Gasteiger partial charge in [-0.3, -0.25) is 4.79 Å². The summed E-state index contributed by atoms with van der Waals surface area (Å²) in [7, 11) is 3.28. The molecular formula is C23H25N3O4. The smallest absolute Gasteiger partial charge is 0.254 e. The Kier molecular flexibility index (Phi) is 5.81. The monoisotopic (exact) mass is 407 g/mol. The van der Waals surface area contributed by atoms with Crippen LogP contribution in [0.5, 0.6) is 5.75 Å². The van der Waals surface area contributed by atoms with Crippen molar-refractivity contribution < 1.29 is 18.7 Å². The lowest BCUT2D eigenvalue weighted by atomic mass is 9.97. The quantitative estimate of drug-likeness (QED) is 0.622. The minimum Gasteiger partial charge on any atom is -0.497 e. The number of aryl methyl sites for hydroxylation is 1. The zero-order valence-corrected chi connectivity index (χ0v) is 17.4. The minimum absolute atomic E-state index is 0.0124. The van der Waals surface area contributed by atoms with Gasteiger partial charge in [0.05, 0.1) is 19.6 Å². The summed E-state index contributed by atoms with van der Waals surface area (Å²) in [6.07, 6.45) is 0. The van der Waals surface area contributed by atoms with E-state index in [1.165, 1.54) is 0 Å². The lowest BCUT2D eigenvalue weighted by Gasteiger charge is -2.18. The molecule has 0 radical (unpaired) electrons. The summed E-state index contributed by atoms with van der Waals surface area (Å²) in [5, 5.41) is 8.50. The number of carbonyl (C=O) groups excluding carboxylic acids is 1. The lowest BCUT2D eigenvalue weighted by molar-refractivity contribution is 0.0774. The van der Waals surface area contributed by atoms with E-state index in [1.54, 1.807) is 14.2 Å². The molecule has 1 aliphatic rings. The van der Waals surface area contributed by atoms with Crippen LogP contribution in [0.4, 0.5) is 0 Å². The maximum atomic E-state index is 13.2. The fourth-order valence-electron chi connectivity index (χ4n) is 3.96. The zero-order valence-electron chi connectivity index (χ0n) is 17.4. The maximum absolute atomic E-state index is 13.2. The average molecular weight is 407 g/mol. The molecule has 1 saturated heterocycles. The first kappa shape index (κ1) is 20.1. The Balaban J connectivity index is 1.56. The molecule has 0 bridgehead atoms. The van der Waals surface area contributed by atoms with Crippen molar-refractivity contribution in [3.63, 3.8) is 0 Å². The number of benzene rings is 2. The third kappa shape index (κ3) is 3.93. The zero-order chi connectivity index (χ0) is 21.1. The van der Waals surface area contributed by atoms with Crippen LogP contribution in [-0.4, -0.2) is 54.9 Å². The number of likely N-dealkylation sites (tertiary alicyclic amines) is 1. The van der Waals surface area contributed by atoms with Crippen molar-refractivity contribution in [1.29, 1.82) is 0 Å². The van der Waals surface area contributed by atoms with E-state index >= 15 is 0 Å². The van der Waals surface area contributed by atoms with Crippen LogP contribution in [0.2, 0.25) is 0 Å². The molecule has 1 aromatic heterocycles. The fraction of sp³-hybridized carbons (Fsp3) is 0.348. The van der Waals surface area contributed by atoms with Crippen molar-refractivity contribution in [3.05, 3.63) is 65.5 Å². The second-order valence-corrected chi connectivity index (χ2v) is 7.52. The largest absolute Gasteiger partial charge is 0.497 e. The third-order valence-electron chi connectivity index (χ3n) is 5.55. The van der Waals surface area contributed by atoms with E-state index in [2.05, 4.69) is 10.2 Å². The lowest BCUT2D eigenvalue weighted by Crippen LogP contribution is -2.29. The van der Waals surface area contributed by atoms with Crippen LogP contribution in [0, 0.1) is 12.8 Å². The SMILES string of the molecule is COC[C@@H]1CN(C(=O)c2ccc(OC)cc2C)C[C@H]1c1nnc(-c2ccccc2)o1. The van der Waals surface area contributed by atoms with E-state index < -0.39 is 0 Å². The summed E-state index contributed by atoms with van der Waals surface area (Å²) in [6.45, 7) is 3.51. The number of hydrogen-bond donors (Lipinski definition) is 0. The fourth-order valence-corrected chi connectivity index (χ4v) is 3.96. The third-order valence-corrected chi connectivity index (χ3v) is 5.55. The molecule has 3 aromatic rings. The normalized spacial score (nSPS) is 18.6. The molecule has 7 nitrogen and oxygen atoms in total. The van der Waals surface area contributed by atoms with Crippen molar-refractivity contribution in [2.24, 2.45) is 5.92 Å². The first-order chi connectivity index (χ1) is 14.6. The predicted octanol–water partition coefficient (Wildman–Crippen LogP) is 3.56. The highest BCUT2D eigenvalue weighted by molar-refractivity contribution is 5.96. The first-order valence-electron chi connectivity index (χ1n) is 9.92. The van der Waals surface area contributed by atoms with Gasteiger partial charge in [0, 0.05) is 37.2 Å². The van der Waals surface area contributed by atoms with Crippen LogP contribution in [0.3, 0.4) is 0 Å². The van der Waals surface area contributed by atoms with Gasteiger partial charge in [-0.2, -0.15) is 0 Å². The average Bonchev–Trinajstić information content (AvgIpc) is 3.41. The molecule has 2 heterocycles. The van der Waals surface area contributed by atoms with E-state index in [0.29, 0.717) is 37.0 Å². The molecule has 2 atom stereocenters. The highest BCUT2D eigenvalue weighted by atomic mass is 16.5. The summed E-state index contributed by atoms with van der Waals surface area (Å²) in [5.41, 5.74) is 2.43. The molecule has 30 heavy (non-hydrogen) atoms. The Morgan fingerprint density at radius 2 is 1.93 bits per heavy atom. The second kappa shape index (κ2) is 8.67. The Bertz CT molecular complexity index is 1020. The van der Waals surface area contributed by atoms with Crippen molar-refractivity contribution in [2.75, 3.05) is 33.9 Å². The topological polar surface area (TPSA) is 77.7 Å². The molecule has 2 aromatic carbocycles. The van der Waals surface area contributed by atoms with Crippen molar-refractivity contribution in [1.82, 2.24) is 15.1 Å². The van der Waals surface area contributed by atoms with Gasteiger partial charge in [0.15, 0.2) is 0 Å². The molecule has 1 fully saturated rings. The standard InChI is InChI=1S/C23H25N3O4/c1-15-11-18(29-3)9-10-19(15)23(27)26-12-17(14-28-2)20(13-26)22-25-24-21(30-22)16-7-5-4-6-8-16/h4-11,17,20H,12-14H2,1-3H3/t17-,20+/m0/s1. The van der Waals surface area contributed by atoms with Crippen LogP contribution < -0.4 is 4.74 Å². The number of hydrogen-bond acceptors (Lipinski definition) is 6. The van der Waals surface area contributed by atoms with Gasteiger partial charge in [-0.05, 0) is 42.8 Å². The molecule has 0 unspecified atom stereocenters. The number of methoxy groups -OCH3 is 2. The molecule has 156 valence electrons. The predicted molar refractivity (Wildman–Crippen MR) is 111 cm³/mol. The summed E-state index contributed by atoms with van der Waals surface area (Å²) in [5.74, 6) is 1.76. The second-order valence-electron chi connectivity index (χ2n) is 7.52. The summed E-state index contributed by atoms with van der Waals surface area (Å²) in [6, 6.07) is 15.2. The summed E-state index contributed by atoms with van der Waals surface area (Å²) in [4.78, 5) is 15.0. The van der Waals surface area contributed by atoms with Crippen LogP contribution in [0.25, 0.3) is 11.5 Å². The number of aromatic nitrogens is 2. The van der Waals surface area contributed by atoms with Crippen LogP contribution in [0.15, 0.2) is 52.9 Å². The van der Waals surface area contributed by atoms with Gasteiger partial charge >= 0.3 is 0 Å². The highest BCUT2D eigenvalue weighted by Gasteiger charge is 2.40. The van der Waals surface area contributed by atoms with Crippen LogP contribution in [0.1, 0.15) is 27.7 Å². The minimum atomic E-state index is -0.0718. The van der Waals surface area contributed by atoms with Gasteiger partial charge in [0.2, 0.25) is 11.8 Å². The molecule has 0 aliphatic carbocycles. The highest BCUT2D eigenvalue weighted by Crippen LogP contribution is 2.34. The van der Waals surface area contributed by atoms with E-state index in [4.69, 9.17) is 13.9 Å². The van der Waals surface area contributed by atoms with Gasteiger partial charge in [0.1, 0.15) is 5.75 Å². The van der Waals surface area contributed by atoms with E-state index in [-0.39, 0.29) is 17.7 Å². The number of ether oxygens (including phenoxy) is 2. The van der Waals surface area contributed by atoms with Gasteiger partial charge in [-0.15, -0.1) is 10.2 Å². The Labute approximate surface area is 175 Å². The maximum Gasteiger partial charge on any atom is 0.254 e. The number of carbonyl (C=O) groups is 1. The first-order valence-corrected chi connectivity index (χ1v) is 9.92. The number of amides is 1.